The minimum absolute atomic E-state index is 0.149. The molecule has 2 amide bonds. The number of para-hydroxylation sites is 1. The number of aromatic amines is 2. The van der Waals surface area contributed by atoms with Gasteiger partial charge < -0.3 is 20.4 Å². The average molecular weight is 542 g/mol. The van der Waals surface area contributed by atoms with E-state index in [1.54, 1.807) is 42.5 Å². The van der Waals surface area contributed by atoms with Crippen molar-refractivity contribution in [2.75, 3.05) is 17.7 Å². The van der Waals surface area contributed by atoms with Crippen molar-refractivity contribution in [2.24, 2.45) is 0 Å². The number of rotatable bonds is 8. The Bertz CT molecular complexity index is 1470. The van der Waals surface area contributed by atoms with Crippen LogP contribution >= 0.6 is 15.9 Å². The highest BCUT2D eigenvalue weighted by atomic mass is 79.9. The first-order valence-electron chi connectivity index (χ1n) is 10.5. The fraction of sp³-hybridized carbons (Fsp3) is 0.174. The van der Waals surface area contributed by atoms with Crippen LogP contribution in [0.15, 0.2) is 56.3 Å². The number of hydrogen-bond acceptors (Lipinski definition) is 7. The standard InChI is InChI=1S/C23H20BrN5O6/c1-34-19(31)7-3-6-18(30)25-16-5-2-4-12-10-17(26-20(12)16)22(32)27-15-9-8-13(24)11-14(15)21-28-23(33)35-29-21/h2,4-5,8-11,26H,3,6-7H2,1H3,(H,25,30)(H,27,32)(H,28,29,33). The van der Waals surface area contributed by atoms with Gasteiger partial charge in [0.15, 0.2) is 5.82 Å². The summed E-state index contributed by atoms with van der Waals surface area (Å²) in [7, 11) is 1.30. The summed E-state index contributed by atoms with van der Waals surface area (Å²) in [6, 6.07) is 12.0. The van der Waals surface area contributed by atoms with E-state index >= 15 is 0 Å². The molecule has 0 spiro atoms. The van der Waals surface area contributed by atoms with Crippen LogP contribution in [0, 0.1) is 0 Å². The molecule has 0 saturated heterocycles. The van der Waals surface area contributed by atoms with Gasteiger partial charge in [0.25, 0.3) is 5.91 Å². The molecule has 0 saturated carbocycles. The number of methoxy groups -OCH3 is 1. The first kappa shape index (κ1) is 24.0. The Kier molecular flexibility index (Phi) is 7.11. The number of carbonyl (C=O) groups is 3. The van der Waals surface area contributed by atoms with Crippen LogP contribution in [-0.4, -0.2) is 40.0 Å². The Hall–Kier alpha value is -4.19. The fourth-order valence-electron chi connectivity index (χ4n) is 3.45. The number of halogens is 1. The second-order valence-electron chi connectivity index (χ2n) is 7.52. The third kappa shape index (κ3) is 5.66. The van der Waals surface area contributed by atoms with Crippen molar-refractivity contribution in [3.63, 3.8) is 0 Å². The first-order valence-corrected chi connectivity index (χ1v) is 11.3. The molecular weight excluding hydrogens is 522 g/mol. The van der Waals surface area contributed by atoms with E-state index in [1.165, 1.54) is 7.11 Å². The molecule has 0 fully saturated rings. The number of esters is 1. The summed E-state index contributed by atoms with van der Waals surface area (Å²) >= 11 is 3.36. The van der Waals surface area contributed by atoms with E-state index in [4.69, 9.17) is 0 Å². The SMILES string of the molecule is COC(=O)CCCC(=O)Nc1cccc2cc(C(=O)Nc3ccc(Br)cc3-c3noc(=O)[nH]3)[nH]c12. The summed E-state index contributed by atoms with van der Waals surface area (Å²) in [5, 5.41) is 10.0. The van der Waals surface area contributed by atoms with E-state index in [0.717, 1.165) is 5.39 Å². The molecule has 11 nitrogen and oxygen atoms in total. The molecular formula is C23H20BrN5O6. The lowest BCUT2D eigenvalue weighted by Gasteiger charge is -2.09. The molecule has 2 aromatic heterocycles. The van der Waals surface area contributed by atoms with Gasteiger partial charge in [-0.3, -0.25) is 23.9 Å². The van der Waals surface area contributed by atoms with Crippen LogP contribution in [0.2, 0.25) is 0 Å². The van der Waals surface area contributed by atoms with E-state index in [2.05, 4.69) is 50.9 Å². The second-order valence-corrected chi connectivity index (χ2v) is 8.43. The van der Waals surface area contributed by atoms with Crippen LogP contribution in [0.3, 0.4) is 0 Å². The molecule has 0 aliphatic rings. The predicted molar refractivity (Wildman–Crippen MR) is 131 cm³/mol. The van der Waals surface area contributed by atoms with Crippen LogP contribution in [0.1, 0.15) is 29.8 Å². The molecule has 2 aromatic carbocycles. The van der Waals surface area contributed by atoms with Crippen molar-refractivity contribution >= 4 is 56.0 Å². The van der Waals surface area contributed by atoms with Gasteiger partial charge in [0, 0.05) is 28.3 Å². The van der Waals surface area contributed by atoms with E-state index in [9.17, 15) is 19.2 Å². The highest BCUT2D eigenvalue weighted by molar-refractivity contribution is 9.10. The summed E-state index contributed by atoms with van der Waals surface area (Å²) in [5.74, 6) is -1.62. The quantitative estimate of drug-likeness (QED) is 0.247. The number of ether oxygens (including phenoxy) is 1. The van der Waals surface area contributed by atoms with E-state index in [0.29, 0.717) is 33.3 Å². The van der Waals surface area contributed by atoms with Crippen LogP contribution in [0.25, 0.3) is 22.3 Å². The lowest BCUT2D eigenvalue weighted by atomic mass is 10.1. The fourth-order valence-corrected chi connectivity index (χ4v) is 3.81. The Morgan fingerprint density at radius 1 is 1.06 bits per heavy atom. The number of nitrogens with zero attached hydrogens (tertiary/aromatic N) is 1. The molecule has 2 heterocycles. The van der Waals surface area contributed by atoms with Crippen molar-refractivity contribution in [1.82, 2.24) is 15.1 Å². The van der Waals surface area contributed by atoms with Gasteiger partial charge in [-0.2, -0.15) is 0 Å². The molecule has 4 rings (SSSR count). The molecule has 12 heteroatoms. The van der Waals surface area contributed by atoms with Gasteiger partial charge in [-0.15, -0.1) is 0 Å². The van der Waals surface area contributed by atoms with Crippen molar-refractivity contribution in [3.8, 4) is 11.4 Å². The summed E-state index contributed by atoms with van der Waals surface area (Å²) < 4.78 is 9.87. The maximum absolute atomic E-state index is 13.0. The number of aromatic nitrogens is 3. The van der Waals surface area contributed by atoms with Gasteiger partial charge in [-0.25, -0.2) is 4.79 Å². The Morgan fingerprint density at radius 2 is 1.89 bits per heavy atom. The molecule has 0 aliphatic carbocycles. The predicted octanol–water partition coefficient (Wildman–Crippen LogP) is 3.81. The number of fused-ring (bicyclic) bond motifs is 1. The maximum atomic E-state index is 13.0. The zero-order chi connectivity index (χ0) is 24.9. The van der Waals surface area contributed by atoms with Gasteiger partial charge in [0.1, 0.15) is 5.69 Å². The molecule has 0 aliphatic heterocycles. The highest BCUT2D eigenvalue weighted by Gasteiger charge is 2.17. The van der Waals surface area contributed by atoms with E-state index < -0.39 is 11.7 Å². The van der Waals surface area contributed by atoms with E-state index in [1.807, 2.05) is 0 Å². The lowest BCUT2D eigenvalue weighted by molar-refractivity contribution is -0.140. The van der Waals surface area contributed by atoms with Gasteiger partial charge in [0.05, 0.1) is 24.0 Å². The number of hydrogen-bond donors (Lipinski definition) is 4. The van der Waals surface area contributed by atoms with Crippen molar-refractivity contribution in [2.45, 2.75) is 19.3 Å². The zero-order valence-corrected chi connectivity index (χ0v) is 20.0. The number of amides is 2. The van der Waals surface area contributed by atoms with Crippen LogP contribution in [-0.2, 0) is 14.3 Å². The number of anilines is 2. The molecule has 4 aromatic rings. The monoisotopic (exact) mass is 541 g/mol. The molecule has 35 heavy (non-hydrogen) atoms. The average Bonchev–Trinajstić information content (AvgIpc) is 3.47. The Morgan fingerprint density at radius 3 is 2.63 bits per heavy atom. The smallest absolute Gasteiger partial charge is 0.439 e. The second kappa shape index (κ2) is 10.4. The topological polar surface area (TPSA) is 159 Å². The van der Waals surface area contributed by atoms with Gasteiger partial charge in [-0.1, -0.05) is 33.2 Å². The molecule has 0 bridgehead atoms. The minimum Gasteiger partial charge on any atom is -0.469 e. The summed E-state index contributed by atoms with van der Waals surface area (Å²) in [6.07, 6.45) is 0.663. The number of benzene rings is 2. The molecule has 4 N–H and O–H groups in total. The number of carbonyl (C=O) groups excluding carboxylic acids is 3. The number of H-pyrrole nitrogens is 2. The van der Waals surface area contributed by atoms with Gasteiger partial charge in [-0.05, 0) is 36.8 Å². The molecule has 0 radical (unpaired) electrons. The van der Waals surface area contributed by atoms with Crippen LogP contribution in [0.4, 0.5) is 11.4 Å². The normalized spacial score (nSPS) is 10.8. The van der Waals surface area contributed by atoms with Crippen LogP contribution in [0.5, 0.6) is 0 Å². The molecule has 180 valence electrons. The first-order chi connectivity index (χ1) is 16.8. The maximum Gasteiger partial charge on any atom is 0.439 e. The van der Waals surface area contributed by atoms with Crippen molar-refractivity contribution < 1.29 is 23.6 Å². The Balaban J connectivity index is 1.53. The minimum atomic E-state index is -0.715. The molecule has 0 atom stereocenters. The third-order valence-electron chi connectivity index (χ3n) is 5.11. The van der Waals surface area contributed by atoms with Crippen molar-refractivity contribution in [3.05, 3.63) is 63.2 Å². The Labute approximate surface area is 206 Å². The number of nitrogens with one attached hydrogen (secondary N) is 4. The largest absolute Gasteiger partial charge is 0.469 e. The lowest BCUT2D eigenvalue weighted by Crippen LogP contribution is -2.14. The zero-order valence-electron chi connectivity index (χ0n) is 18.4. The summed E-state index contributed by atoms with van der Waals surface area (Å²) in [5.41, 5.74) is 2.20. The summed E-state index contributed by atoms with van der Waals surface area (Å²) in [6.45, 7) is 0. The van der Waals surface area contributed by atoms with Crippen molar-refractivity contribution in [1.29, 1.82) is 0 Å². The third-order valence-corrected chi connectivity index (χ3v) is 5.61. The van der Waals surface area contributed by atoms with Gasteiger partial charge in [0.2, 0.25) is 5.91 Å². The van der Waals surface area contributed by atoms with Gasteiger partial charge >= 0.3 is 11.7 Å². The molecule has 0 unspecified atom stereocenters. The summed E-state index contributed by atoms with van der Waals surface area (Å²) in [4.78, 5) is 53.4. The van der Waals surface area contributed by atoms with Crippen LogP contribution < -0.4 is 16.4 Å². The highest BCUT2D eigenvalue weighted by Crippen LogP contribution is 2.29. The van der Waals surface area contributed by atoms with E-state index in [-0.39, 0.29) is 36.2 Å².